The van der Waals surface area contributed by atoms with E-state index in [0.717, 1.165) is 6.07 Å². The van der Waals surface area contributed by atoms with Crippen LogP contribution in [0.3, 0.4) is 0 Å². The Balaban J connectivity index is 3.04. The molecule has 0 atom stereocenters. The molecule has 0 heterocycles. The molecule has 1 aromatic rings. The third-order valence-corrected chi connectivity index (χ3v) is 2.07. The van der Waals surface area contributed by atoms with Crippen molar-refractivity contribution in [2.24, 2.45) is 0 Å². The zero-order chi connectivity index (χ0) is 11.3. The van der Waals surface area contributed by atoms with E-state index in [4.69, 9.17) is 0 Å². The molecule has 0 saturated heterocycles. The van der Waals surface area contributed by atoms with Gasteiger partial charge in [0.15, 0.2) is 0 Å². The van der Waals surface area contributed by atoms with Crippen LogP contribution in [-0.2, 0) is 6.18 Å². The Morgan fingerprint density at radius 2 is 1.87 bits per heavy atom. The molecular formula is C11H8BrF3. The maximum Gasteiger partial charge on any atom is 0.417 e. The van der Waals surface area contributed by atoms with E-state index >= 15 is 0 Å². The lowest BCUT2D eigenvalue weighted by molar-refractivity contribution is -0.137. The highest BCUT2D eigenvalue weighted by molar-refractivity contribution is 9.09. The molecule has 1 aromatic carbocycles. The molecule has 0 unspecified atom stereocenters. The Kier molecular flexibility index (Phi) is 4.22. The lowest BCUT2D eigenvalue weighted by atomic mass is 10.1. The van der Waals surface area contributed by atoms with E-state index in [1.165, 1.54) is 12.1 Å². The summed E-state index contributed by atoms with van der Waals surface area (Å²) in [7, 11) is 0. The minimum Gasteiger partial charge on any atom is -0.166 e. The zero-order valence-electron chi connectivity index (χ0n) is 7.74. The SMILES string of the molecule is FC(F)(F)c1ccccc1C#CCCBr. The second-order valence-electron chi connectivity index (χ2n) is 2.78. The van der Waals surface area contributed by atoms with Gasteiger partial charge in [0, 0.05) is 17.3 Å². The third kappa shape index (κ3) is 3.60. The molecule has 15 heavy (non-hydrogen) atoms. The number of benzene rings is 1. The summed E-state index contributed by atoms with van der Waals surface area (Å²) < 4.78 is 37.4. The minimum atomic E-state index is -4.33. The lowest BCUT2D eigenvalue weighted by Gasteiger charge is -2.07. The van der Waals surface area contributed by atoms with Crippen molar-refractivity contribution in [1.29, 1.82) is 0 Å². The van der Waals surface area contributed by atoms with Gasteiger partial charge in [0.2, 0.25) is 0 Å². The van der Waals surface area contributed by atoms with Crippen molar-refractivity contribution in [2.75, 3.05) is 5.33 Å². The molecular weight excluding hydrogens is 269 g/mol. The van der Waals surface area contributed by atoms with Gasteiger partial charge < -0.3 is 0 Å². The average Bonchev–Trinajstić information content (AvgIpc) is 2.17. The summed E-state index contributed by atoms with van der Waals surface area (Å²) in [5.74, 6) is 5.19. The van der Waals surface area contributed by atoms with E-state index in [9.17, 15) is 13.2 Å². The van der Waals surface area contributed by atoms with E-state index in [1.807, 2.05) is 0 Å². The number of halogens is 4. The van der Waals surface area contributed by atoms with Crippen LogP contribution in [0.4, 0.5) is 13.2 Å². The van der Waals surface area contributed by atoms with Gasteiger partial charge in [0.1, 0.15) is 0 Å². The average molecular weight is 277 g/mol. The van der Waals surface area contributed by atoms with Gasteiger partial charge in [-0.2, -0.15) is 13.2 Å². The topological polar surface area (TPSA) is 0 Å². The van der Waals surface area contributed by atoms with Gasteiger partial charge in [-0.15, -0.1) is 0 Å². The number of alkyl halides is 4. The van der Waals surface area contributed by atoms with Crippen LogP contribution in [0.25, 0.3) is 0 Å². The van der Waals surface area contributed by atoms with Gasteiger partial charge in [0.25, 0.3) is 0 Å². The molecule has 0 aliphatic rings. The molecule has 0 N–H and O–H groups in total. The highest BCUT2D eigenvalue weighted by Crippen LogP contribution is 2.31. The van der Waals surface area contributed by atoms with Crippen molar-refractivity contribution >= 4 is 15.9 Å². The molecule has 0 bridgehead atoms. The fourth-order valence-corrected chi connectivity index (χ4v) is 1.24. The summed E-state index contributed by atoms with van der Waals surface area (Å²) in [5, 5.41) is 0.661. The molecule has 0 aromatic heterocycles. The van der Waals surface area contributed by atoms with E-state index in [1.54, 1.807) is 6.07 Å². The van der Waals surface area contributed by atoms with E-state index in [-0.39, 0.29) is 5.56 Å². The first-order valence-electron chi connectivity index (χ1n) is 4.27. The summed E-state index contributed by atoms with van der Waals surface area (Å²) in [5.41, 5.74) is -0.641. The molecule has 0 fully saturated rings. The fourth-order valence-electron chi connectivity index (χ4n) is 1.04. The van der Waals surface area contributed by atoms with E-state index in [0.29, 0.717) is 11.8 Å². The predicted octanol–water partition coefficient (Wildman–Crippen LogP) is 3.84. The maximum atomic E-state index is 12.5. The standard InChI is InChI=1S/C11H8BrF3/c12-8-4-3-6-9-5-1-2-7-10(9)11(13,14)15/h1-2,5,7H,4,8H2. The Hall–Kier alpha value is -0.950. The number of hydrogen-bond acceptors (Lipinski definition) is 0. The smallest absolute Gasteiger partial charge is 0.166 e. The van der Waals surface area contributed by atoms with Crippen molar-refractivity contribution in [3.8, 4) is 11.8 Å². The normalized spacial score (nSPS) is 10.7. The van der Waals surface area contributed by atoms with Crippen LogP contribution in [-0.4, -0.2) is 5.33 Å². The first-order valence-corrected chi connectivity index (χ1v) is 5.39. The summed E-state index contributed by atoms with van der Waals surface area (Å²) >= 11 is 3.16. The van der Waals surface area contributed by atoms with Crippen LogP contribution in [0.15, 0.2) is 24.3 Å². The Morgan fingerprint density at radius 3 is 2.47 bits per heavy atom. The molecule has 0 radical (unpaired) electrons. The Bertz CT molecular complexity index is 385. The van der Waals surface area contributed by atoms with Crippen LogP contribution in [0.5, 0.6) is 0 Å². The number of hydrogen-bond donors (Lipinski definition) is 0. The lowest BCUT2D eigenvalue weighted by Crippen LogP contribution is -2.07. The second-order valence-corrected chi connectivity index (χ2v) is 3.58. The summed E-state index contributed by atoms with van der Waals surface area (Å²) in [4.78, 5) is 0. The molecule has 4 heteroatoms. The molecule has 0 aliphatic carbocycles. The Morgan fingerprint density at radius 1 is 1.20 bits per heavy atom. The number of rotatable bonds is 1. The predicted molar refractivity (Wildman–Crippen MR) is 56.7 cm³/mol. The zero-order valence-corrected chi connectivity index (χ0v) is 9.32. The van der Waals surface area contributed by atoms with Crippen molar-refractivity contribution in [3.63, 3.8) is 0 Å². The molecule has 0 saturated carbocycles. The van der Waals surface area contributed by atoms with Gasteiger partial charge in [-0.3, -0.25) is 0 Å². The largest absolute Gasteiger partial charge is 0.417 e. The maximum absolute atomic E-state index is 12.5. The van der Waals surface area contributed by atoms with E-state index < -0.39 is 11.7 Å². The van der Waals surface area contributed by atoms with Crippen molar-refractivity contribution < 1.29 is 13.2 Å². The molecule has 0 aliphatic heterocycles. The second kappa shape index (κ2) is 5.22. The molecule has 0 amide bonds. The molecule has 1 rings (SSSR count). The van der Waals surface area contributed by atoms with Gasteiger partial charge in [-0.25, -0.2) is 0 Å². The summed E-state index contributed by atoms with van der Waals surface area (Å²) in [6, 6.07) is 5.33. The first kappa shape index (κ1) is 12.1. The minimum absolute atomic E-state index is 0.0333. The summed E-state index contributed by atoms with van der Waals surface area (Å²) in [6.07, 6.45) is -3.80. The van der Waals surface area contributed by atoms with Gasteiger partial charge in [-0.05, 0) is 12.1 Å². The van der Waals surface area contributed by atoms with E-state index in [2.05, 4.69) is 27.8 Å². The van der Waals surface area contributed by atoms with Gasteiger partial charge in [0.05, 0.1) is 5.56 Å². The third-order valence-electron chi connectivity index (χ3n) is 1.68. The molecule has 80 valence electrons. The van der Waals surface area contributed by atoms with Crippen molar-refractivity contribution in [3.05, 3.63) is 35.4 Å². The molecule has 0 nitrogen and oxygen atoms in total. The monoisotopic (exact) mass is 276 g/mol. The first-order chi connectivity index (χ1) is 7.05. The molecule has 0 spiro atoms. The van der Waals surface area contributed by atoms with Crippen molar-refractivity contribution in [1.82, 2.24) is 0 Å². The van der Waals surface area contributed by atoms with Crippen LogP contribution >= 0.6 is 15.9 Å². The fraction of sp³-hybridized carbons (Fsp3) is 0.273. The quantitative estimate of drug-likeness (QED) is 0.540. The van der Waals surface area contributed by atoms with Crippen molar-refractivity contribution in [2.45, 2.75) is 12.6 Å². The highest BCUT2D eigenvalue weighted by Gasteiger charge is 2.32. The van der Waals surface area contributed by atoms with Crippen LogP contribution in [0.2, 0.25) is 0 Å². The van der Waals surface area contributed by atoms with Crippen LogP contribution in [0.1, 0.15) is 17.5 Å². The van der Waals surface area contributed by atoms with Gasteiger partial charge >= 0.3 is 6.18 Å². The van der Waals surface area contributed by atoms with Crippen LogP contribution < -0.4 is 0 Å². The van der Waals surface area contributed by atoms with Gasteiger partial charge in [-0.1, -0.05) is 39.9 Å². The summed E-state index contributed by atoms with van der Waals surface area (Å²) in [6.45, 7) is 0. The Labute approximate surface area is 94.6 Å². The van der Waals surface area contributed by atoms with Crippen LogP contribution in [0, 0.1) is 11.8 Å². The highest BCUT2D eigenvalue weighted by atomic mass is 79.9.